The van der Waals surface area contributed by atoms with Gasteiger partial charge in [-0.05, 0) is 63.4 Å². The van der Waals surface area contributed by atoms with Gasteiger partial charge in [-0.25, -0.2) is 0 Å². The van der Waals surface area contributed by atoms with Gasteiger partial charge in [-0.2, -0.15) is 0 Å². The maximum atomic E-state index is 13.0. The summed E-state index contributed by atoms with van der Waals surface area (Å²) >= 11 is 0. The van der Waals surface area contributed by atoms with Gasteiger partial charge in [0, 0.05) is 36.5 Å². The van der Waals surface area contributed by atoms with Crippen molar-refractivity contribution in [2.24, 2.45) is 58.7 Å². The fourth-order valence-corrected chi connectivity index (χ4v) is 12.3. The molecule has 3 aliphatic heterocycles. The first-order valence-electron chi connectivity index (χ1n) is 15.0. The van der Waals surface area contributed by atoms with Gasteiger partial charge in [0.1, 0.15) is 18.3 Å². The van der Waals surface area contributed by atoms with Gasteiger partial charge in [0.05, 0.1) is 35.1 Å². The first-order chi connectivity index (χ1) is 18.3. The Balaban J connectivity index is 1.33. The van der Waals surface area contributed by atoms with Gasteiger partial charge in [-0.3, -0.25) is 14.4 Å². The summed E-state index contributed by atoms with van der Waals surface area (Å²) in [6.07, 6.45) is 1.68. The van der Waals surface area contributed by atoms with E-state index in [1.807, 2.05) is 20.8 Å². The summed E-state index contributed by atoms with van der Waals surface area (Å²) in [5, 5.41) is 12.3. The minimum Gasteiger partial charge on any atom is -0.462 e. The van der Waals surface area contributed by atoms with Crippen molar-refractivity contribution in [3.63, 3.8) is 0 Å². The number of hydrogen-bond donors (Lipinski definition) is 1. The van der Waals surface area contributed by atoms with E-state index in [1.165, 1.54) is 12.5 Å². The number of rotatable bonds is 1. The number of hydrogen-bond acceptors (Lipinski definition) is 8. The zero-order valence-electron chi connectivity index (χ0n) is 23.6. The highest BCUT2D eigenvalue weighted by molar-refractivity contribution is 5.77. The van der Waals surface area contributed by atoms with Crippen molar-refractivity contribution in [2.75, 3.05) is 0 Å². The molecule has 8 aliphatic rings. The minimum atomic E-state index is -1.15. The van der Waals surface area contributed by atoms with E-state index in [0.717, 1.165) is 24.8 Å². The molecule has 7 fully saturated rings. The number of allylic oxidation sites excluding steroid dienone is 1. The standard InChI is InChI=1S/C31H40O8/c1-11-15-7-8-30(6)25-16-9-18(39-30)31(25,26(15)38-27(11)33)22-12(2)20-23(21(16)22)29(5,35)10-17(36-14(4)32)19-13(3)28(34)37-24(19)20/h11,13,15-19,21-26,35H,7-10H2,1-6H3/t11-,13-,15-,16+,17+,18-,19+,21-,22-,23-,24-,25-,26-,29-,30-,31+/m0/s1. The molecular formula is C31H40O8. The molecule has 0 radical (unpaired) electrons. The summed E-state index contributed by atoms with van der Waals surface area (Å²) in [7, 11) is 0. The van der Waals surface area contributed by atoms with Gasteiger partial charge in [0.15, 0.2) is 0 Å². The molecule has 0 unspecified atom stereocenters. The monoisotopic (exact) mass is 540 g/mol. The van der Waals surface area contributed by atoms with Crippen LogP contribution in [0.2, 0.25) is 0 Å². The molecule has 0 aromatic carbocycles. The van der Waals surface area contributed by atoms with Crippen molar-refractivity contribution < 1.29 is 38.4 Å². The van der Waals surface area contributed by atoms with E-state index in [1.54, 1.807) is 0 Å². The Kier molecular flexibility index (Phi) is 4.63. The highest BCUT2D eigenvalue weighted by Crippen LogP contribution is 2.82. The quantitative estimate of drug-likeness (QED) is 0.307. The Morgan fingerprint density at radius 2 is 1.74 bits per heavy atom. The summed E-state index contributed by atoms with van der Waals surface area (Å²) in [6, 6.07) is 0. The second-order valence-electron chi connectivity index (χ2n) is 14.7. The van der Waals surface area contributed by atoms with Crippen molar-refractivity contribution in [2.45, 2.75) is 103 Å². The Morgan fingerprint density at radius 3 is 2.46 bits per heavy atom. The third-order valence-electron chi connectivity index (χ3n) is 13.1. The van der Waals surface area contributed by atoms with Crippen LogP contribution >= 0.6 is 0 Å². The molecule has 0 spiro atoms. The van der Waals surface area contributed by atoms with Crippen LogP contribution in [0.5, 0.6) is 0 Å². The molecule has 5 bridgehead atoms. The summed E-state index contributed by atoms with van der Waals surface area (Å²) in [6.45, 7) is 11.6. The lowest BCUT2D eigenvalue weighted by molar-refractivity contribution is -0.167. The third kappa shape index (κ3) is 2.63. The number of aliphatic hydroxyl groups is 1. The third-order valence-corrected chi connectivity index (χ3v) is 13.1. The average molecular weight is 541 g/mol. The van der Waals surface area contributed by atoms with Crippen molar-refractivity contribution in [1.82, 2.24) is 0 Å². The molecule has 16 atom stereocenters. The molecule has 3 heterocycles. The van der Waals surface area contributed by atoms with Crippen molar-refractivity contribution in [3.05, 3.63) is 11.1 Å². The van der Waals surface area contributed by atoms with Gasteiger partial charge in [0.25, 0.3) is 0 Å². The molecule has 0 amide bonds. The minimum absolute atomic E-state index is 0.0159. The number of carbonyl (C=O) groups is 3. The lowest BCUT2D eigenvalue weighted by atomic mass is 9.59. The van der Waals surface area contributed by atoms with E-state index < -0.39 is 29.7 Å². The van der Waals surface area contributed by atoms with Gasteiger partial charge < -0.3 is 24.1 Å². The van der Waals surface area contributed by atoms with E-state index in [-0.39, 0.29) is 83.0 Å². The van der Waals surface area contributed by atoms with E-state index in [2.05, 4.69) is 13.8 Å². The van der Waals surface area contributed by atoms with Gasteiger partial charge in [-0.15, -0.1) is 0 Å². The molecule has 8 nitrogen and oxygen atoms in total. The smallest absolute Gasteiger partial charge is 0.309 e. The lowest BCUT2D eigenvalue weighted by Gasteiger charge is -2.48. The zero-order valence-corrected chi connectivity index (χ0v) is 23.6. The fraction of sp³-hybridized carbons (Fsp3) is 0.839. The first kappa shape index (κ1) is 24.8. The predicted molar refractivity (Wildman–Crippen MR) is 136 cm³/mol. The summed E-state index contributed by atoms with van der Waals surface area (Å²) in [5.41, 5.74) is 0.439. The van der Waals surface area contributed by atoms with Crippen LogP contribution in [0, 0.1) is 58.7 Å². The maximum Gasteiger partial charge on any atom is 0.309 e. The van der Waals surface area contributed by atoms with E-state index in [0.29, 0.717) is 5.92 Å². The molecule has 39 heavy (non-hydrogen) atoms. The van der Waals surface area contributed by atoms with Crippen molar-refractivity contribution >= 4 is 17.9 Å². The molecule has 8 rings (SSSR count). The topological polar surface area (TPSA) is 108 Å². The Labute approximate surface area is 229 Å². The average Bonchev–Trinajstić information content (AvgIpc) is 3.59. The van der Waals surface area contributed by atoms with Crippen LogP contribution in [0.4, 0.5) is 0 Å². The van der Waals surface area contributed by atoms with Crippen LogP contribution in [-0.4, -0.2) is 58.6 Å². The van der Waals surface area contributed by atoms with Crippen LogP contribution < -0.4 is 0 Å². The van der Waals surface area contributed by atoms with Gasteiger partial charge in [0.2, 0.25) is 0 Å². The fourth-order valence-electron chi connectivity index (χ4n) is 12.3. The normalized spacial score (nSPS) is 59.7. The van der Waals surface area contributed by atoms with E-state index in [9.17, 15) is 19.5 Å². The maximum absolute atomic E-state index is 13.0. The highest BCUT2D eigenvalue weighted by atomic mass is 16.6. The highest BCUT2D eigenvalue weighted by Gasteiger charge is 2.85. The van der Waals surface area contributed by atoms with Crippen molar-refractivity contribution in [1.29, 1.82) is 0 Å². The first-order valence-corrected chi connectivity index (χ1v) is 15.0. The summed E-state index contributed by atoms with van der Waals surface area (Å²) in [4.78, 5) is 38.2. The number of carbonyl (C=O) groups excluding carboxylic acids is 3. The summed E-state index contributed by atoms with van der Waals surface area (Å²) in [5.74, 6) is -0.961. The lowest BCUT2D eigenvalue weighted by Crippen LogP contribution is -2.53. The number of esters is 3. The molecule has 8 heteroatoms. The van der Waals surface area contributed by atoms with Crippen LogP contribution in [0.3, 0.4) is 0 Å². The van der Waals surface area contributed by atoms with Crippen LogP contribution in [0.1, 0.15) is 67.2 Å². The predicted octanol–water partition coefficient (Wildman–Crippen LogP) is 3.19. The van der Waals surface area contributed by atoms with Crippen LogP contribution in [-0.2, 0) is 33.3 Å². The van der Waals surface area contributed by atoms with Gasteiger partial charge in [-0.1, -0.05) is 19.4 Å². The zero-order chi connectivity index (χ0) is 27.5. The molecule has 0 aromatic rings. The van der Waals surface area contributed by atoms with Crippen LogP contribution in [0.15, 0.2) is 11.1 Å². The SMILES string of the molecule is CC(=O)O[C@@H]1C[C@](C)(O)[C@H]2C(=C(C)[C@H]3[C@@H]2[C@H]2C[C@@H]4O[C@@]5(C)CC[C@H]6[C@H](C)C(=O)O[C@@H]6[C@]43[C@@H]25)[C@H]2OC(=O)[C@@H](C)[C@@H]21. The Hall–Kier alpha value is -1.93. The second-order valence-corrected chi connectivity index (χ2v) is 14.7. The van der Waals surface area contributed by atoms with Gasteiger partial charge >= 0.3 is 17.9 Å². The van der Waals surface area contributed by atoms with Crippen molar-refractivity contribution in [3.8, 4) is 0 Å². The molecule has 212 valence electrons. The molecule has 1 N–H and O–H groups in total. The van der Waals surface area contributed by atoms with E-state index in [4.69, 9.17) is 18.9 Å². The molecular weight excluding hydrogens is 500 g/mol. The molecule has 5 aliphatic carbocycles. The number of fused-ring (bicyclic) bond motifs is 7. The Bertz CT molecular complexity index is 1240. The largest absolute Gasteiger partial charge is 0.462 e. The molecule has 3 saturated heterocycles. The molecule has 4 saturated carbocycles. The molecule has 0 aromatic heterocycles. The number of ether oxygens (including phenoxy) is 4. The summed E-state index contributed by atoms with van der Waals surface area (Å²) < 4.78 is 25.2. The Morgan fingerprint density at radius 1 is 1.03 bits per heavy atom. The van der Waals surface area contributed by atoms with Crippen LogP contribution in [0.25, 0.3) is 0 Å². The van der Waals surface area contributed by atoms with E-state index >= 15 is 0 Å². The second kappa shape index (κ2) is 7.28.